The third kappa shape index (κ3) is 4.10. The highest BCUT2D eigenvalue weighted by atomic mass is 16.5. The molecule has 4 heteroatoms. The maximum absolute atomic E-state index is 5.47. The summed E-state index contributed by atoms with van der Waals surface area (Å²) in [7, 11) is 1.97. The molecule has 1 N–H and O–H groups in total. The van der Waals surface area contributed by atoms with E-state index in [0.29, 0.717) is 6.04 Å². The molecule has 0 bridgehead atoms. The van der Waals surface area contributed by atoms with E-state index < -0.39 is 0 Å². The Labute approximate surface area is 110 Å². The molecule has 1 saturated heterocycles. The van der Waals surface area contributed by atoms with Crippen LogP contribution in [0.2, 0.25) is 0 Å². The maximum Gasteiger partial charge on any atom is 0.0640 e. The summed E-state index contributed by atoms with van der Waals surface area (Å²) in [6.45, 7) is 5.18. The van der Waals surface area contributed by atoms with E-state index in [4.69, 9.17) is 4.74 Å². The van der Waals surface area contributed by atoms with Gasteiger partial charge < -0.3 is 10.1 Å². The first-order valence-electron chi connectivity index (χ1n) is 7.07. The molecule has 2 unspecified atom stereocenters. The lowest BCUT2D eigenvalue weighted by molar-refractivity contribution is 0.181. The molecule has 4 nitrogen and oxygen atoms in total. The summed E-state index contributed by atoms with van der Waals surface area (Å²) in [4.78, 5) is 0. The first kappa shape index (κ1) is 13.6. The Morgan fingerprint density at radius 3 is 3.11 bits per heavy atom. The van der Waals surface area contributed by atoms with Gasteiger partial charge in [0.25, 0.3) is 0 Å². The van der Waals surface area contributed by atoms with Crippen molar-refractivity contribution in [2.24, 2.45) is 13.0 Å². The topological polar surface area (TPSA) is 39.1 Å². The van der Waals surface area contributed by atoms with Crippen molar-refractivity contribution in [3.63, 3.8) is 0 Å². The van der Waals surface area contributed by atoms with Gasteiger partial charge in [-0.2, -0.15) is 5.10 Å². The quantitative estimate of drug-likeness (QED) is 0.802. The monoisotopic (exact) mass is 251 g/mol. The van der Waals surface area contributed by atoms with Gasteiger partial charge in [0.2, 0.25) is 0 Å². The highest BCUT2D eigenvalue weighted by molar-refractivity contribution is 5.01. The lowest BCUT2D eigenvalue weighted by atomic mass is 9.96. The number of ether oxygens (including phenoxy) is 1. The first-order chi connectivity index (χ1) is 8.78. The normalized spacial score (nSPS) is 21.3. The number of aryl methyl sites for hydroxylation is 1. The maximum atomic E-state index is 5.47. The molecule has 1 aromatic rings. The second kappa shape index (κ2) is 6.90. The Kier molecular flexibility index (Phi) is 5.20. The lowest BCUT2D eigenvalue weighted by Gasteiger charge is -2.20. The fraction of sp³-hybridized carbons (Fsp3) is 0.786. The second-order valence-corrected chi connectivity index (χ2v) is 5.30. The third-order valence-electron chi connectivity index (χ3n) is 3.55. The number of rotatable bonds is 7. The predicted molar refractivity (Wildman–Crippen MR) is 72.5 cm³/mol. The number of hydrogen-bond acceptors (Lipinski definition) is 3. The van der Waals surface area contributed by atoms with Crippen molar-refractivity contribution in [1.82, 2.24) is 15.1 Å². The molecular weight excluding hydrogens is 226 g/mol. The third-order valence-corrected chi connectivity index (χ3v) is 3.55. The van der Waals surface area contributed by atoms with Gasteiger partial charge in [-0.05, 0) is 37.8 Å². The zero-order valence-electron chi connectivity index (χ0n) is 11.6. The molecule has 0 amide bonds. The van der Waals surface area contributed by atoms with E-state index in [-0.39, 0.29) is 0 Å². The molecule has 0 aliphatic carbocycles. The molecule has 1 aromatic heterocycles. The molecule has 1 fully saturated rings. The highest BCUT2D eigenvalue weighted by Gasteiger charge is 2.21. The molecule has 18 heavy (non-hydrogen) atoms. The molecular formula is C14H25N3O. The van der Waals surface area contributed by atoms with Crippen LogP contribution in [-0.2, 0) is 18.2 Å². The van der Waals surface area contributed by atoms with Crippen LogP contribution in [0, 0.1) is 5.92 Å². The highest BCUT2D eigenvalue weighted by Crippen LogP contribution is 2.19. The summed E-state index contributed by atoms with van der Waals surface area (Å²) < 4.78 is 7.35. The van der Waals surface area contributed by atoms with Crippen molar-refractivity contribution in [2.75, 3.05) is 19.8 Å². The fourth-order valence-corrected chi connectivity index (χ4v) is 2.58. The van der Waals surface area contributed by atoms with Crippen LogP contribution in [0.1, 0.15) is 31.9 Å². The number of aromatic nitrogens is 2. The van der Waals surface area contributed by atoms with Crippen molar-refractivity contribution in [3.05, 3.63) is 18.0 Å². The standard InChI is InChI=1S/C14H25N3O/c1-3-6-15-14(9-12-5-8-18-11-12)10-13-4-7-17(2)16-13/h4,7,12,14-15H,3,5-6,8-11H2,1-2H3. The van der Waals surface area contributed by atoms with Crippen LogP contribution in [-0.4, -0.2) is 35.6 Å². The minimum atomic E-state index is 0.534. The van der Waals surface area contributed by atoms with Crippen LogP contribution < -0.4 is 5.32 Å². The Hall–Kier alpha value is -0.870. The van der Waals surface area contributed by atoms with Crippen LogP contribution in [0.3, 0.4) is 0 Å². The Balaban J connectivity index is 1.86. The molecule has 102 valence electrons. The zero-order chi connectivity index (χ0) is 12.8. The molecule has 2 atom stereocenters. The van der Waals surface area contributed by atoms with Crippen molar-refractivity contribution < 1.29 is 4.74 Å². The first-order valence-corrected chi connectivity index (χ1v) is 7.07. The van der Waals surface area contributed by atoms with Crippen molar-refractivity contribution in [1.29, 1.82) is 0 Å². The molecule has 0 saturated carbocycles. The molecule has 2 heterocycles. The van der Waals surface area contributed by atoms with Gasteiger partial charge in [-0.25, -0.2) is 0 Å². The van der Waals surface area contributed by atoms with E-state index in [1.165, 1.54) is 25.0 Å². The zero-order valence-corrected chi connectivity index (χ0v) is 11.6. The largest absolute Gasteiger partial charge is 0.381 e. The van der Waals surface area contributed by atoms with Crippen LogP contribution in [0.25, 0.3) is 0 Å². The summed E-state index contributed by atoms with van der Waals surface area (Å²) in [6, 6.07) is 2.65. The van der Waals surface area contributed by atoms with Gasteiger partial charge in [-0.15, -0.1) is 0 Å². The summed E-state index contributed by atoms with van der Waals surface area (Å²) >= 11 is 0. The van der Waals surface area contributed by atoms with Gasteiger partial charge in [0.05, 0.1) is 5.69 Å². The molecule has 1 aliphatic rings. The average Bonchev–Trinajstić information content (AvgIpc) is 2.98. The average molecular weight is 251 g/mol. The summed E-state index contributed by atoms with van der Waals surface area (Å²) in [5.41, 5.74) is 1.19. The molecule has 2 rings (SSSR count). The van der Waals surface area contributed by atoms with E-state index in [1.807, 2.05) is 17.9 Å². The van der Waals surface area contributed by atoms with Crippen LogP contribution in [0.5, 0.6) is 0 Å². The van der Waals surface area contributed by atoms with Gasteiger partial charge in [-0.3, -0.25) is 4.68 Å². The van der Waals surface area contributed by atoms with Gasteiger partial charge in [0.15, 0.2) is 0 Å². The van der Waals surface area contributed by atoms with Crippen LogP contribution >= 0.6 is 0 Å². The van der Waals surface area contributed by atoms with Crippen molar-refractivity contribution in [2.45, 2.75) is 38.6 Å². The number of nitrogens with one attached hydrogen (secondary N) is 1. The smallest absolute Gasteiger partial charge is 0.0640 e. The van der Waals surface area contributed by atoms with E-state index >= 15 is 0 Å². The summed E-state index contributed by atoms with van der Waals surface area (Å²) in [6.07, 6.45) is 6.64. The van der Waals surface area contributed by atoms with E-state index in [2.05, 4.69) is 23.4 Å². The molecule has 1 aliphatic heterocycles. The van der Waals surface area contributed by atoms with Crippen molar-refractivity contribution in [3.8, 4) is 0 Å². The molecule has 0 aromatic carbocycles. The minimum Gasteiger partial charge on any atom is -0.381 e. The van der Waals surface area contributed by atoms with E-state index in [9.17, 15) is 0 Å². The number of nitrogens with zero attached hydrogens (tertiary/aromatic N) is 2. The van der Waals surface area contributed by atoms with Crippen molar-refractivity contribution >= 4 is 0 Å². The van der Waals surface area contributed by atoms with Crippen LogP contribution in [0.15, 0.2) is 12.3 Å². The minimum absolute atomic E-state index is 0.534. The van der Waals surface area contributed by atoms with Gasteiger partial charge in [0, 0.05) is 38.9 Å². The Morgan fingerprint density at radius 2 is 2.50 bits per heavy atom. The Morgan fingerprint density at radius 1 is 1.61 bits per heavy atom. The van der Waals surface area contributed by atoms with Crippen LogP contribution in [0.4, 0.5) is 0 Å². The second-order valence-electron chi connectivity index (χ2n) is 5.30. The molecule has 0 radical (unpaired) electrons. The Bertz CT molecular complexity index is 345. The predicted octanol–water partition coefficient (Wildman–Crippen LogP) is 1.76. The summed E-state index contributed by atoms with van der Waals surface area (Å²) in [5, 5.41) is 8.13. The SMILES string of the molecule is CCCNC(Cc1ccn(C)n1)CC1CCOC1. The van der Waals surface area contributed by atoms with Gasteiger partial charge in [0.1, 0.15) is 0 Å². The van der Waals surface area contributed by atoms with E-state index in [1.54, 1.807) is 0 Å². The van der Waals surface area contributed by atoms with E-state index in [0.717, 1.165) is 32.1 Å². The lowest BCUT2D eigenvalue weighted by Crippen LogP contribution is -2.34. The van der Waals surface area contributed by atoms with Gasteiger partial charge >= 0.3 is 0 Å². The molecule has 0 spiro atoms. The number of hydrogen-bond donors (Lipinski definition) is 1. The fourth-order valence-electron chi connectivity index (χ4n) is 2.58. The van der Waals surface area contributed by atoms with Gasteiger partial charge in [-0.1, -0.05) is 6.92 Å². The summed E-state index contributed by atoms with van der Waals surface area (Å²) in [5.74, 6) is 0.725.